The summed E-state index contributed by atoms with van der Waals surface area (Å²) in [6.07, 6.45) is 0.402. The summed E-state index contributed by atoms with van der Waals surface area (Å²) in [5.74, 6) is -1.55. The van der Waals surface area contributed by atoms with Crippen molar-refractivity contribution >= 4 is 44.6 Å². The molecule has 6 nitrogen and oxygen atoms in total. The number of piperidine rings is 1. The monoisotopic (exact) mass is 589 g/mol. The Morgan fingerprint density at radius 2 is 1.67 bits per heavy atom. The minimum Gasteiger partial charge on any atom is -0.368 e. The van der Waals surface area contributed by atoms with Gasteiger partial charge in [0.15, 0.2) is 14.6 Å². The number of aryl methyl sites for hydroxylation is 1. The first-order valence-corrected chi connectivity index (χ1v) is 15.1. The topological polar surface area (TPSA) is 69.7 Å². The van der Waals surface area contributed by atoms with Crippen LogP contribution in [0.15, 0.2) is 71.6 Å². The van der Waals surface area contributed by atoms with Crippen molar-refractivity contribution in [3.8, 4) is 0 Å². The molecule has 3 aromatic rings. The summed E-state index contributed by atoms with van der Waals surface area (Å²) in [7, 11) is -4.24. The van der Waals surface area contributed by atoms with Crippen molar-refractivity contribution in [2.45, 2.75) is 28.9 Å². The molecule has 1 amide bonds. The van der Waals surface area contributed by atoms with Crippen LogP contribution in [0.2, 0.25) is 10.0 Å². The minimum absolute atomic E-state index is 0.00708. The van der Waals surface area contributed by atoms with Crippen LogP contribution in [-0.4, -0.2) is 63.2 Å². The molecule has 5 rings (SSSR count). The number of nitrogens with zero attached hydrogens (tertiary/aromatic N) is 2. The standard InChI is InChI=1S/C29H30Cl2FN3O3S/c1-20-5-8-23(31)18-27(20)34-13-15-35(16-14-34)28(36)29(39(37,38)25-4-2-3-22(30)17-25)19-33-12-11-26(29)21-6-9-24(32)10-7-21/h2-10,17-18,26,33H,11-16,19H2,1H3/t26-,29-/m1/s1. The van der Waals surface area contributed by atoms with Crippen LogP contribution in [-0.2, 0) is 14.6 Å². The molecule has 0 aliphatic carbocycles. The van der Waals surface area contributed by atoms with Gasteiger partial charge in [0.1, 0.15) is 5.82 Å². The lowest BCUT2D eigenvalue weighted by Gasteiger charge is -2.47. The summed E-state index contributed by atoms with van der Waals surface area (Å²) in [5, 5.41) is 4.09. The normalized spacial score (nSPS) is 22.1. The maximum atomic E-state index is 14.6. The molecule has 2 saturated heterocycles. The van der Waals surface area contributed by atoms with Crippen molar-refractivity contribution < 1.29 is 17.6 Å². The zero-order valence-electron chi connectivity index (χ0n) is 21.5. The van der Waals surface area contributed by atoms with Crippen LogP contribution in [0, 0.1) is 12.7 Å². The van der Waals surface area contributed by atoms with E-state index in [9.17, 15) is 17.6 Å². The number of carbonyl (C=O) groups excluding carboxylic acids is 1. The molecule has 0 saturated carbocycles. The number of hydrogen-bond donors (Lipinski definition) is 1. The summed E-state index contributed by atoms with van der Waals surface area (Å²) in [6, 6.07) is 17.5. The molecule has 1 N–H and O–H groups in total. The molecule has 2 aliphatic rings. The second-order valence-electron chi connectivity index (χ2n) is 10.1. The van der Waals surface area contributed by atoms with E-state index in [0.717, 1.165) is 11.3 Å². The van der Waals surface area contributed by atoms with Gasteiger partial charge in [-0.15, -0.1) is 0 Å². The molecule has 39 heavy (non-hydrogen) atoms. The first-order valence-electron chi connectivity index (χ1n) is 12.9. The van der Waals surface area contributed by atoms with Gasteiger partial charge >= 0.3 is 0 Å². The number of carbonyl (C=O) groups is 1. The number of benzene rings is 3. The lowest BCUT2D eigenvalue weighted by molar-refractivity contribution is -0.135. The van der Waals surface area contributed by atoms with E-state index in [2.05, 4.69) is 10.2 Å². The number of sulfone groups is 1. The molecule has 206 valence electrons. The number of halogens is 3. The van der Waals surface area contributed by atoms with Crippen molar-refractivity contribution in [3.63, 3.8) is 0 Å². The predicted molar refractivity (Wildman–Crippen MR) is 153 cm³/mol. The van der Waals surface area contributed by atoms with E-state index in [-0.39, 0.29) is 16.5 Å². The van der Waals surface area contributed by atoms with Crippen LogP contribution in [0.5, 0.6) is 0 Å². The first-order chi connectivity index (χ1) is 18.6. The SMILES string of the molecule is Cc1ccc(Cl)cc1N1CCN(C(=O)[C@@]2(S(=O)(=O)c3cccc(Cl)c3)CNCC[C@@H]2c2ccc(F)cc2)CC1. The Hall–Kier alpha value is -2.65. The van der Waals surface area contributed by atoms with Crippen molar-refractivity contribution in [2.75, 3.05) is 44.2 Å². The van der Waals surface area contributed by atoms with Gasteiger partial charge in [0.25, 0.3) is 0 Å². The molecular formula is C29H30Cl2FN3O3S. The van der Waals surface area contributed by atoms with E-state index < -0.39 is 32.2 Å². The lowest BCUT2D eigenvalue weighted by atomic mass is 9.79. The molecular weight excluding hydrogens is 560 g/mol. The molecule has 0 aromatic heterocycles. The molecule has 10 heteroatoms. The predicted octanol–water partition coefficient (Wildman–Crippen LogP) is 5.08. The quantitative estimate of drug-likeness (QED) is 0.449. The molecule has 2 aliphatic heterocycles. The Balaban J connectivity index is 1.55. The number of hydrogen-bond acceptors (Lipinski definition) is 5. The van der Waals surface area contributed by atoms with Crippen LogP contribution in [0.1, 0.15) is 23.5 Å². The van der Waals surface area contributed by atoms with Crippen molar-refractivity contribution in [1.29, 1.82) is 0 Å². The molecule has 0 spiro atoms. The minimum atomic E-state index is -4.24. The van der Waals surface area contributed by atoms with Gasteiger partial charge in [-0.2, -0.15) is 0 Å². The van der Waals surface area contributed by atoms with E-state index in [0.29, 0.717) is 49.7 Å². The Labute approximate surface area is 238 Å². The molecule has 2 heterocycles. The van der Waals surface area contributed by atoms with Gasteiger partial charge < -0.3 is 15.1 Å². The molecule has 0 bridgehead atoms. The zero-order chi connectivity index (χ0) is 27.8. The smallest absolute Gasteiger partial charge is 0.246 e. The van der Waals surface area contributed by atoms with Crippen LogP contribution in [0.25, 0.3) is 0 Å². The molecule has 0 unspecified atom stereocenters. The number of nitrogens with one attached hydrogen (secondary N) is 1. The summed E-state index contributed by atoms with van der Waals surface area (Å²) in [6.45, 7) is 4.27. The average molecular weight is 591 g/mol. The van der Waals surface area contributed by atoms with E-state index in [1.54, 1.807) is 29.2 Å². The van der Waals surface area contributed by atoms with Gasteiger partial charge in [-0.05, 0) is 73.5 Å². The van der Waals surface area contributed by atoms with E-state index in [1.165, 1.54) is 24.3 Å². The van der Waals surface area contributed by atoms with Crippen LogP contribution >= 0.6 is 23.2 Å². The maximum Gasteiger partial charge on any atom is 0.246 e. The highest BCUT2D eigenvalue weighted by Gasteiger charge is 2.59. The Bertz CT molecular complexity index is 1480. The van der Waals surface area contributed by atoms with E-state index in [4.69, 9.17) is 23.2 Å². The van der Waals surface area contributed by atoms with Gasteiger partial charge in [-0.25, -0.2) is 12.8 Å². The third kappa shape index (κ3) is 5.15. The maximum absolute atomic E-state index is 14.6. The fraction of sp³-hybridized carbons (Fsp3) is 0.345. The molecule has 0 radical (unpaired) electrons. The van der Waals surface area contributed by atoms with Crippen LogP contribution < -0.4 is 10.2 Å². The zero-order valence-corrected chi connectivity index (χ0v) is 23.9. The third-order valence-corrected chi connectivity index (χ3v) is 10.8. The van der Waals surface area contributed by atoms with Gasteiger partial charge in [-0.3, -0.25) is 4.79 Å². The summed E-state index contributed by atoms with van der Waals surface area (Å²) in [4.78, 5) is 18.4. The van der Waals surface area contributed by atoms with Crippen LogP contribution in [0.3, 0.4) is 0 Å². The highest BCUT2D eigenvalue weighted by Crippen LogP contribution is 2.44. The van der Waals surface area contributed by atoms with Gasteiger partial charge in [-0.1, -0.05) is 47.5 Å². The highest BCUT2D eigenvalue weighted by atomic mass is 35.5. The second kappa shape index (κ2) is 11.1. The first kappa shape index (κ1) is 27.9. The molecule has 3 aromatic carbocycles. The number of piperazine rings is 1. The average Bonchev–Trinajstić information content (AvgIpc) is 2.94. The Morgan fingerprint density at radius 3 is 2.36 bits per heavy atom. The largest absolute Gasteiger partial charge is 0.368 e. The van der Waals surface area contributed by atoms with Crippen molar-refractivity contribution in [1.82, 2.24) is 10.2 Å². The third-order valence-electron chi connectivity index (χ3n) is 7.86. The Kier molecular flexibility index (Phi) is 7.93. The molecule has 2 fully saturated rings. The number of anilines is 1. The summed E-state index contributed by atoms with van der Waals surface area (Å²) < 4.78 is 41.0. The highest BCUT2D eigenvalue weighted by molar-refractivity contribution is 7.93. The van der Waals surface area contributed by atoms with Gasteiger partial charge in [0.05, 0.1) is 4.90 Å². The summed E-state index contributed by atoms with van der Waals surface area (Å²) in [5.41, 5.74) is 2.69. The number of amides is 1. The van der Waals surface area contributed by atoms with Crippen molar-refractivity contribution in [2.24, 2.45) is 0 Å². The van der Waals surface area contributed by atoms with E-state index in [1.807, 2.05) is 25.1 Å². The Morgan fingerprint density at radius 1 is 0.974 bits per heavy atom. The fourth-order valence-electron chi connectivity index (χ4n) is 5.82. The lowest BCUT2D eigenvalue weighted by Crippen LogP contribution is -2.66. The number of rotatable bonds is 5. The second-order valence-corrected chi connectivity index (χ2v) is 13.2. The van der Waals surface area contributed by atoms with E-state index >= 15 is 0 Å². The van der Waals surface area contributed by atoms with Crippen molar-refractivity contribution in [3.05, 3.63) is 93.7 Å². The van der Waals surface area contributed by atoms with Crippen LogP contribution in [0.4, 0.5) is 10.1 Å². The van der Waals surface area contributed by atoms with Gasteiger partial charge in [0, 0.05) is 54.4 Å². The summed E-state index contributed by atoms with van der Waals surface area (Å²) >= 11 is 12.4. The van der Waals surface area contributed by atoms with Gasteiger partial charge in [0.2, 0.25) is 5.91 Å². The molecule has 2 atom stereocenters. The fourth-order valence-corrected chi connectivity index (χ4v) is 8.48.